The van der Waals surface area contributed by atoms with Gasteiger partial charge in [-0.2, -0.15) is 0 Å². The van der Waals surface area contributed by atoms with Gasteiger partial charge in [-0.15, -0.1) is 0 Å². The maximum Gasteiger partial charge on any atom is 0.252 e. The van der Waals surface area contributed by atoms with Gasteiger partial charge >= 0.3 is 0 Å². The van der Waals surface area contributed by atoms with Crippen LogP contribution in [0.2, 0.25) is 0 Å². The monoisotopic (exact) mass is 326 g/mol. The predicted molar refractivity (Wildman–Crippen MR) is 79.1 cm³/mol. The number of hydrogen-bond acceptors (Lipinski definition) is 2. The van der Waals surface area contributed by atoms with Crippen LogP contribution in [0, 0.1) is 6.92 Å². The van der Waals surface area contributed by atoms with Crippen molar-refractivity contribution in [3.8, 4) is 0 Å². The van der Waals surface area contributed by atoms with Gasteiger partial charge in [-0.1, -0.05) is 28.9 Å². The topological polar surface area (TPSA) is 58.2 Å². The predicted octanol–water partition coefficient (Wildman–Crippen LogP) is 2.40. The number of halogens is 1. The lowest BCUT2D eigenvalue weighted by atomic mass is 10.1. The summed E-state index contributed by atoms with van der Waals surface area (Å²) in [6.07, 6.45) is 0.872. The van der Waals surface area contributed by atoms with Gasteiger partial charge in [-0.05, 0) is 38.0 Å². The average Bonchev–Trinajstić information content (AvgIpc) is 2.38. The highest BCUT2D eigenvalue weighted by molar-refractivity contribution is 9.10. The van der Waals surface area contributed by atoms with Crippen molar-refractivity contribution >= 4 is 27.7 Å². The fraction of sp³-hybridized carbons (Fsp3) is 0.429. The van der Waals surface area contributed by atoms with Crippen LogP contribution in [0.1, 0.15) is 36.2 Å². The Morgan fingerprint density at radius 2 is 2.05 bits per heavy atom. The van der Waals surface area contributed by atoms with Gasteiger partial charge in [0.2, 0.25) is 5.91 Å². The van der Waals surface area contributed by atoms with Crippen LogP contribution in [-0.2, 0) is 4.79 Å². The molecule has 0 fully saturated rings. The standard InChI is InChI=1S/C14H19BrN2O2/c1-4-8-16-13(18)10(3)17-14(19)11-6-5-7-12(15)9(11)2/h5-7,10H,4,8H2,1-3H3,(H,16,18)(H,17,19). The number of benzene rings is 1. The molecule has 0 aliphatic carbocycles. The minimum atomic E-state index is -0.544. The first-order valence-corrected chi connectivity index (χ1v) is 7.10. The van der Waals surface area contributed by atoms with E-state index in [1.807, 2.05) is 19.9 Å². The van der Waals surface area contributed by atoms with Crippen LogP contribution in [0.4, 0.5) is 0 Å². The molecule has 19 heavy (non-hydrogen) atoms. The lowest BCUT2D eigenvalue weighted by molar-refractivity contribution is -0.122. The van der Waals surface area contributed by atoms with Gasteiger partial charge in [-0.3, -0.25) is 9.59 Å². The van der Waals surface area contributed by atoms with E-state index in [9.17, 15) is 9.59 Å². The summed E-state index contributed by atoms with van der Waals surface area (Å²) >= 11 is 3.38. The van der Waals surface area contributed by atoms with Crippen LogP contribution in [-0.4, -0.2) is 24.4 Å². The Hall–Kier alpha value is -1.36. The number of carbonyl (C=O) groups excluding carboxylic acids is 2. The molecule has 0 saturated carbocycles. The highest BCUT2D eigenvalue weighted by Gasteiger charge is 2.17. The molecule has 104 valence electrons. The summed E-state index contributed by atoms with van der Waals surface area (Å²) in [4.78, 5) is 23.8. The van der Waals surface area contributed by atoms with Crippen molar-refractivity contribution in [1.29, 1.82) is 0 Å². The summed E-state index contributed by atoms with van der Waals surface area (Å²) in [5.41, 5.74) is 1.44. The molecule has 1 unspecified atom stereocenters. The van der Waals surface area contributed by atoms with E-state index in [-0.39, 0.29) is 11.8 Å². The molecule has 1 aromatic carbocycles. The molecule has 1 aromatic rings. The molecule has 0 aliphatic rings. The third kappa shape index (κ3) is 4.35. The number of rotatable bonds is 5. The number of nitrogens with one attached hydrogen (secondary N) is 2. The van der Waals surface area contributed by atoms with E-state index in [1.54, 1.807) is 19.1 Å². The van der Waals surface area contributed by atoms with E-state index in [1.165, 1.54) is 0 Å². The molecule has 0 aromatic heterocycles. The quantitative estimate of drug-likeness (QED) is 0.872. The van der Waals surface area contributed by atoms with E-state index >= 15 is 0 Å². The van der Waals surface area contributed by atoms with Gasteiger partial charge in [-0.25, -0.2) is 0 Å². The van der Waals surface area contributed by atoms with Gasteiger partial charge < -0.3 is 10.6 Å². The largest absolute Gasteiger partial charge is 0.354 e. The van der Waals surface area contributed by atoms with Crippen molar-refractivity contribution < 1.29 is 9.59 Å². The van der Waals surface area contributed by atoms with Crippen molar-refractivity contribution in [3.63, 3.8) is 0 Å². The lowest BCUT2D eigenvalue weighted by Crippen LogP contribution is -2.45. The Labute approximate surface area is 122 Å². The Bertz CT molecular complexity index is 475. The fourth-order valence-corrected chi connectivity index (χ4v) is 1.96. The second-order valence-corrected chi connectivity index (χ2v) is 5.25. The Kier molecular flexibility index (Phi) is 6.02. The van der Waals surface area contributed by atoms with E-state index < -0.39 is 6.04 Å². The highest BCUT2D eigenvalue weighted by Crippen LogP contribution is 2.19. The molecule has 1 rings (SSSR count). The average molecular weight is 327 g/mol. The van der Waals surface area contributed by atoms with Crippen LogP contribution in [0.5, 0.6) is 0 Å². The van der Waals surface area contributed by atoms with Crippen molar-refractivity contribution in [3.05, 3.63) is 33.8 Å². The Balaban J connectivity index is 2.69. The van der Waals surface area contributed by atoms with E-state index in [4.69, 9.17) is 0 Å². The zero-order valence-corrected chi connectivity index (χ0v) is 13.0. The molecule has 0 heterocycles. The lowest BCUT2D eigenvalue weighted by Gasteiger charge is -2.15. The molecular weight excluding hydrogens is 308 g/mol. The summed E-state index contributed by atoms with van der Waals surface area (Å²) in [6.45, 7) is 6.14. The Morgan fingerprint density at radius 1 is 1.37 bits per heavy atom. The molecule has 2 amide bonds. The van der Waals surface area contributed by atoms with E-state index in [0.29, 0.717) is 12.1 Å². The number of hydrogen-bond donors (Lipinski definition) is 2. The van der Waals surface area contributed by atoms with Gasteiger partial charge in [0, 0.05) is 16.6 Å². The molecule has 0 bridgehead atoms. The van der Waals surface area contributed by atoms with Crippen molar-refractivity contribution in [2.45, 2.75) is 33.2 Å². The van der Waals surface area contributed by atoms with Crippen LogP contribution in [0.15, 0.2) is 22.7 Å². The van der Waals surface area contributed by atoms with Crippen LogP contribution < -0.4 is 10.6 Å². The second-order valence-electron chi connectivity index (χ2n) is 4.40. The molecule has 0 aliphatic heterocycles. The molecule has 0 spiro atoms. The minimum absolute atomic E-state index is 0.164. The van der Waals surface area contributed by atoms with Crippen molar-refractivity contribution in [2.75, 3.05) is 6.54 Å². The van der Waals surface area contributed by atoms with Gasteiger partial charge in [0.25, 0.3) is 5.91 Å². The molecular formula is C14H19BrN2O2. The van der Waals surface area contributed by atoms with Crippen molar-refractivity contribution in [2.24, 2.45) is 0 Å². The summed E-state index contributed by atoms with van der Waals surface area (Å²) in [5.74, 6) is -0.402. The van der Waals surface area contributed by atoms with Crippen LogP contribution >= 0.6 is 15.9 Å². The minimum Gasteiger partial charge on any atom is -0.354 e. The summed E-state index contributed by atoms with van der Waals surface area (Å²) in [5, 5.41) is 5.45. The van der Waals surface area contributed by atoms with E-state index in [2.05, 4.69) is 26.6 Å². The zero-order chi connectivity index (χ0) is 14.4. The van der Waals surface area contributed by atoms with Gasteiger partial charge in [0.15, 0.2) is 0 Å². The SMILES string of the molecule is CCCNC(=O)C(C)NC(=O)c1cccc(Br)c1C. The molecule has 0 radical (unpaired) electrons. The molecule has 0 saturated heterocycles. The molecule has 2 N–H and O–H groups in total. The smallest absolute Gasteiger partial charge is 0.252 e. The second kappa shape index (κ2) is 7.28. The van der Waals surface area contributed by atoms with Gasteiger partial charge in [0.1, 0.15) is 6.04 Å². The van der Waals surface area contributed by atoms with Crippen molar-refractivity contribution in [1.82, 2.24) is 10.6 Å². The van der Waals surface area contributed by atoms with E-state index in [0.717, 1.165) is 16.5 Å². The molecule has 1 atom stereocenters. The number of amides is 2. The normalized spacial score (nSPS) is 11.8. The maximum atomic E-state index is 12.1. The zero-order valence-electron chi connectivity index (χ0n) is 11.4. The summed E-state index contributed by atoms with van der Waals surface area (Å²) < 4.78 is 0.878. The summed E-state index contributed by atoms with van der Waals surface area (Å²) in [6, 6.07) is 4.88. The fourth-order valence-electron chi connectivity index (χ4n) is 1.59. The van der Waals surface area contributed by atoms with Crippen LogP contribution in [0.3, 0.4) is 0 Å². The maximum absolute atomic E-state index is 12.1. The first-order chi connectivity index (χ1) is 8.97. The Morgan fingerprint density at radius 3 is 2.68 bits per heavy atom. The highest BCUT2D eigenvalue weighted by atomic mass is 79.9. The first-order valence-electron chi connectivity index (χ1n) is 6.31. The molecule has 4 nitrogen and oxygen atoms in total. The van der Waals surface area contributed by atoms with Crippen LogP contribution in [0.25, 0.3) is 0 Å². The molecule has 5 heteroatoms. The summed E-state index contributed by atoms with van der Waals surface area (Å²) in [7, 11) is 0. The third-order valence-corrected chi connectivity index (χ3v) is 3.66. The first kappa shape index (κ1) is 15.7. The number of carbonyl (C=O) groups is 2. The third-order valence-electron chi connectivity index (χ3n) is 2.80. The van der Waals surface area contributed by atoms with Gasteiger partial charge in [0.05, 0.1) is 0 Å².